The third-order valence-electron chi connectivity index (χ3n) is 5.30. The van der Waals surface area contributed by atoms with E-state index in [0.29, 0.717) is 0 Å². The lowest BCUT2D eigenvalue weighted by molar-refractivity contribution is -0.123. The molecule has 1 saturated heterocycles. The molecule has 1 aromatic rings. The van der Waals surface area contributed by atoms with Gasteiger partial charge in [-0.1, -0.05) is 19.3 Å². The molecule has 2 aliphatic rings. The van der Waals surface area contributed by atoms with Crippen LogP contribution in [0, 0.1) is 11.3 Å². The van der Waals surface area contributed by atoms with Crippen molar-refractivity contribution in [1.29, 1.82) is 5.26 Å². The molecule has 0 spiro atoms. The van der Waals surface area contributed by atoms with Gasteiger partial charge < -0.3 is 20.3 Å². The van der Waals surface area contributed by atoms with Crippen LogP contribution >= 0.6 is 0 Å². The minimum atomic E-state index is -0.689. The maximum absolute atomic E-state index is 12.5. The van der Waals surface area contributed by atoms with Crippen molar-refractivity contribution < 1.29 is 9.53 Å². The number of hydrogen-bond donors (Lipinski definition) is 2. The second kappa shape index (κ2) is 8.41. The average Bonchev–Trinajstić information content (AvgIpc) is 2.70. The Morgan fingerprint density at radius 2 is 1.85 bits per heavy atom. The van der Waals surface area contributed by atoms with Crippen LogP contribution in [0.3, 0.4) is 0 Å². The van der Waals surface area contributed by atoms with Gasteiger partial charge in [-0.15, -0.1) is 0 Å². The lowest BCUT2D eigenvalue weighted by atomic mass is 9.82. The number of hydrogen-bond acceptors (Lipinski definition) is 5. The monoisotopic (exact) mass is 356 g/mol. The predicted molar refractivity (Wildman–Crippen MR) is 102 cm³/mol. The summed E-state index contributed by atoms with van der Waals surface area (Å²) in [5.41, 5.74) is 1.38. The number of rotatable bonds is 5. The average molecular weight is 356 g/mol. The first-order valence-corrected chi connectivity index (χ1v) is 9.54. The molecule has 3 rings (SSSR count). The zero-order valence-electron chi connectivity index (χ0n) is 15.5. The lowest BCUT2D eigenvalue weighted by Gasteiger charge is -2.32. The number of nitriles is 1. The Balaban J connectivity index is 1.56. The second-order valence-corrected chi connectivity index (χ2v) is 7.26. The molecular weight excluding hydrogens is 328 g/mol. The topological polar surface area (TPSA) is 77.4 Å². The molecular formula is C20H28N4O2. The minimum absolute atomic E-state index is 0.120. The molecule has 6 nitrogen and oxygen atoms in total. The van der Waals surface area contributed by atoms with Gasteiger partial charge in [0, 0.05) is 24.5 Å². The Bertz CT molecular complexity index is 641. The highest BCUT2D eigenvalue weighted by Crippen LogP contribution is 2.27. The molecule has 2 N–H and O–H groups in total. The lowest BCUT2D eigenvalue weighted by Crippen LogP contribution is -2.52. The highest BCUT2D eigenvalue weighted by Gasteiger charge is 2.34. The minimum Gasteiger partial charge on any atom is -0.378 e. The summed E-state index contributed by atoms with van der Waals surface area (Å²) in [6.45, 7) is 5.17. The van der Waals surface area contributed by atoms with Crippen molar-refractivity contribution in [2.24, 2.45) is 0 Å². The van der Waals surface area contributed by atoms with Crippen LogP contribution in [0.4, 0.5) is 11.4 Å². The Morgan fingerprint density at radius 3 is 2.46 bits per heavy atom. The van der Waals surface area contributed by atoms with Gasteiger partial charge in [-0.25, -0.2) is 0 Å². The molecule has 140 valence electrons. The van der Waals surface area contributed by atoms with Crippen LogP contribution in [0.15, 0.2) is 24.3 Å². The van der Waals surface area contributed by atoms with Gasteiger partial charge in [0.1, 0.15) is 11.6 Å². The first kappa shape index (κ1) is 18.5. The molecule has 2 fully saturated rings. The van der Waals surface area contributed by atoms with Crippen molar-refractivity contribution in [1.82, 2.24) is 5.32 Å². The van der Waals surface area contributed by atoms with Gasteiger partial charge >= 0.3 is 0 Å². The maximum Gasteiger partial charge on any atom is 0.243 e. The molecule has 1 aliphatic heterocycles. The standard InChI is InChI=1S/C20H28N4O2/c1-16(19(25)23-20(15-21)9-3-2-4-10-20)22-17-5-7-18(8-6-17)24-11-13-26-14-12-24/h5-8,16,22H,2-4,9-14H2,1H3,(H,23,25)/t16-/m0/s1. The predicted octanol–water partition coefficient (Wildman–Crippen LogP) is 2.67. The summed E-state index contributed by atoms with van der Waals surface area (Å²) in [6.07, 6.45) is 4.63. The number of carbonyl (C=O) groups is 1. The van der Waals surface area contributed by atoms with Crippen molar-refractivity contribution in [2.45, 2.75) is 50.6 Å². The second-order valence-electron chi connectivity index (χ2n) is 7.26. The normalized spacial score (nSPS) is 20.7. The molecule has 6 heteroatoms. The first-order valence-electron chi connectivity index (χ1n) is 9.54. The van der Waals surface area contributed by atoms with Gasteiger partial charge in [0.05, 0.1) is 19.3 Å². The van der Waals surface area contributed by atoms with Crippen LogP contribution in [0.1, 0.15) is 39.0 Å². The molecule has 0 radical (unpaired) electrons. The molecule has 0 bridgehead atoms. The van der Waals surface area contributed by atoms with E-state index in [1.54, 1.807) is 0 Å². The quantitative estimate of drug-likeness (QED) is 0.848. The molecule has 0 aromatic heterocycles. The van der Waals surface area contributed by atoms with Gasteiger partial charge in [-0.05, 0) is 44.0 Å². The summed E-state index contributed by atoms with van der Waals surface area (Å²) in [5.74, 6) is -0.120. The highest BCUT2D eigenvalue weighted by molar-refractivity contribution is 5.85. The number of anilines is 2. The Kier molecular flexibility index (Phi) is 6.00. The first-order chi connectivity index (χ1) is 12.6. The van der Waals surface area contributed by atoms with Gasteiger partial charge in [0.15, 0.2) is 0 Å². The molecule has 1 aromatic carbocycles. The zero-order valence-corrected chi connectivity index (χ0v) is 15.5. The van der Waals surface area contributed by atoms with Crippen LogP contribution in [0.5, 0.6) is 0 Å². The number of ether oxygens (including phenoxy) is 1. The van der Waals surface area contributed by atoms with Gasteiger partial charge in [-0.2, -0.15) is 5.26 Å². The fourth-order valence-electron chi connectivity index (χ4n) is 3.67. The van der Waals surface area contributed by atoms with Crippen molar-refractivity contribution in [3.63, 3.8) is 0 Å². The molecule has 26 heavy (non-hydrogen) atoms. The van der Waals surface area contributed by atoms with Crippen molar-refractivity contribution in [3.05, 3.63) is 24.3 Å². The van der Waals surface area contributed by atoms with Crippen LogP contribution in [-0.2, 0) is 9.53 Å². The maximum atomic E-state index is 12.5. The number of nitrogens with zero attached hydrogens (tertiary/aromatic N) is 2. The highest BCUT2D eigenvalue weighted by atomic mass is 16.5. The number of morpholine rings is 1. The SMILES string of the molecule is C[C@H](Nc1ccc(N2CCOCC2)cc1)C(=O)NC1(C#N)CCCCC1. The summed E-state index contributed by atoms with van der Waals surface area (Å²) in [4.78, 5) is 14.8. The summed E-state index contributed by atoms with van der Waals surface area (Å²) in [6, 6.07) is 10.1. The molecule has 1 atom stereocenters. The molecule has 1 saturated carbocycles. The molecule has 1 aliphatic carbocycles. The third kappa shape index (κ3) is 4.47. The van der Waals surface area contributed by atoms with E-state index < -0.39 is 11.6 Å². The fourth-order valence-corrected chi connectivity index (χ4v) is 3.67. The number of nitrogens with one attached hydrogen (secondary N) is 2. The molecule has 1 heterocycles. The van der Waals surface area contributed by atoms with Crippen molar-refractivity contribution >= 4 is 17.3 Å². The number of benzene rings is 1. The summed E-state index contributed by atoms with van der Waals surface area (Å²) in [5, 5.41) is 15.7. The molecule has 1 amide bonds. The Hall–Kier alpha value is -2.26. The van der Waals surface area contributed by atoms with E-state index in [1.807, 2.05) is 19.1 Å². The number of amides is 1. The zero-order chi connectivity index (χ0) is 18.4. The third-order valence-corrected chi connectivity index (χ3v) is 5.30. The largest absolute Gasteiger partial charge is 0.378 e. The van der Waals surface area contributed by atoms with Crippen molar-refractivity contribution in [2.75, 3.05) is 36.5 Å². The van der Waals surface area contributed by atoms with E-state index in [1.165, 1.54) is 5.69 Å². The molecule has 0 unspecified atom stereocenters. The van der Waals surface area contributed by atoms with Crippen LogP contribution in [0.25, 0.3) is 0 Å². The Labute approximate surface area is 155 Å². The van der Waals surface area contributed by atoms with Crippen LogP contribution in [-0.4, -0.2) is 43.8 Å². The van der Waals surface area contributed by atoms with Crippen molar-refractivity contribution in [3.8, 4) is 6.07 Å². The van der Waals surface area contributed by atoms with Gasteiger partial charge in [0.25, 0.3) is 0 Å². The summed E-state index contributed by atoms with van der Waals surface area (Å²) in [7, 11) is 0. The van der Waals surface area contributed by atoms with E-state index >= 15 is 0 Å². The van der Waals surface area contributed by atoms with E-state index in [9.17, 15) is 10.1 Å². The van der Waals surface area contributed by atoms with Gasteiger partial charge in [0.2, 0.25) is 5.91 Å². The summed E-state index contributed by atoms with van der Waals surface area (Å²) < 4.78 is 5.38. The number of carbonyl (C=O) groups excluding carboxylic acids is 1. The van der Waals surface area contributed by atoms with Gasteiger partial charge in [-0.3, -0.25) is 4.79 Å². The summed E-state index contributed by atoms with van der Waals surface area (Å²) >= 11 is 0. The fraction of sp³-hybridized carbons (Fsp3) is 0.600. The Morgan fingerprint density at radius 1 is 1.19 bits per heavy atom. The van der Waals surface area contributed by atoms with E-state index in [2.05, 4.69) is 33.7 Å². The van der Waals surface area contributed by atoms with E-state index in [0.717, 1.165) is 64.1 Å². The van der Waals surface area contributed by atoms with E-state index in [4.69, 9.17) is 4.74 Å². The van der Waals surface area contributed by atoms with Crippen LogP contribution in [0.2, 0.25) is 0 Å². The smallest absolute Gasteiger partial charge is 0.243 e. The van der Waals surface area contributed by atoms with E-state index in [-0.39, 0.29) is 5.91 Å². The van der Waals surface area contributed by atoms with Crippen LogP contribution < -0.4 is 15.5 Å².